The average Bonchev–Trinajstić information content (AvgIpc) is 3.88. The lowest BCUT2D eigenvalue weighted by Gasteiger charge is -2.20. The summed E-state index contributed by atoms with van der Waals surface area (Å²) >= 11 is 0. The predicted molar refractivity (Wildman–Crippen MR) is 274 cm³/mol. The topological polar surface area (TPSA) is 46.5 Å². The largest absolute Gasteiger partial charge is 0.308 e. The molecule has 0 bridgehead atoms. The molecule has 3 heterocycles. The van der Waals surface area contributed by atoms with Crippen LogP contribution >= 0.6 is 0 Å². The number of nitriles is 1. The Balaban J connectivity index is 1.21. The van der Waals surface area contributed by atoms with Gasteiger partial charge in [0.1, 0.15) is 11.6 Å². The zero-order valence-electron chi connectivity index (χ0n) is 36.6. The van der Waals surface area contributed by atoms with Crippen LogP contribution in [0.5, 0.6) is 0 Å². The Morgan fingerprint density at radius 3 is 1.39 bits per heavy atom. The summed E-state index contributed by atoms with van der Waals surface area (Å²) in [5.74, 6) is 0. The minimum atomic E-state index is 0.570. The summed E-state index contributed by atoms with van der Waals surface area (Å²) < 4.78 is 4.63. The minimum Gasteiger partial charge on any atom is -0.308 e. The SMILES string of the molecule is Cc1cccc(-c2ccc3c4ccccc4n(-c4cc(-c5cccnc5-c5ccccc5-c5ccccc5)cc(-n5c6ccccc6c6ccc(-c7cccc(C)c7)cc65)c4C#N)c3c2)c1. The summed E-state index contributed by atoms with van der Waals surface area (Å²) in [5, 5.41) is 16.3. The maximum absolute atomic E-state index is 11.8. The van der Waals surface area contributed by atoms with Crippen molar-refractivity contribution in [1.29, 1.82) is 5.26 Å². The highest BCUT2D eigenvalue weighted by Gasteiger charge is 2.24. The fourth-order valence-corrected chi connectivity index (χ4v) is 10.1. The van der Waals surface area contributed by atoms with Gasteiger partial charge in [-0.1, -0.05) is 181 Å². The molecule has 12 rings (SSSR count). The molecule has 0 spiro atoms. The normalized spacial score (nSPS) is 11.5. The number of pyridine rings is 1. The van der Waals surface area contributed by atoms with Gasteiger partial charge in [0.25, 0.3) is 0 Å². The van der Waals surface area contributed by atoms with Crippen molar-refractivity contribution >= 4 is 43.6 Å². The van der Waals surface area contributed by atoms with Crippen molar-refractivity contribution in [2.75, 3.05) is 0 Å². The van der Waals surface area contributed by atoms with E-state index in [0.717, 1.165) is 111 Å². The molecule has 66 heavy (non-hydrogen) atoms. The van der Waals surface area contributed by atoms with Crippen LogP contribution < -0.4 is 0 Å². The Hall–Kier alpha value is -8.78. The lowest BCUT2D eigenvalue weighted by atomic mass is 9.92. The molecule has 0 saturated carbocycles. The van der Waals surface area contributed by atoms with Gasteiger partial charge in [0.15, 0.2) is 0 Å². The van der Waals surface area contributed by atoms with Gasteiger partial charge >= 0.3 is 0 Å². The van der Waals surface area contributed by atoms with E-state index in [0.29, 0.717) is 5.56 Å². The number of para-hydroxylation sites is 2. The van der Waals surface area contributed by atoms with E-state index >= 15 is 0 Å². The molecule has 0 amide bonds. The van der Waals surface area contributed by atoms with Crippen LogP contribution in [0.3, 0.4) is 0 Å². The van der Waals surface area contributed by atoms with Crippen LogP contribution in [0.2, 0.25) is 0 Å². The van der Waals surface area contributed by atoms with Crippen LogP contribution in [-0.2, 0) is 0 Å². The summed E-state index contributed by atoms with van der Waals surface area (Å²) in [7, 11) is 0. The minimum absolute atomic E-state index is 0.570. The number of nitrogens with zero attached hydrogens (tertiary/aromatic N) is 4. The lowest BCUT2D eigenvalue weighted by molar-refractivity contribution is 1.12. The number of fused-ring (bicyclic) bond motifs is 6. The Morgan fingerprint density at radius 2 is 0.833 bits per heavy atom. The molecule has 0 aliphatic carbocycles. The molecule has 12 aromatic rings. The van der Waals surface area contributed by atoms with Crippen molar-refractivity contribution in [3.8, 4) is 73.2 Å². The molecule has 0 N–H and O–H groups in total. The number of benzene rings is 9. The number of aromatic nitrogens is 3. The van der Waals surface area contributed by atoms with Gasteiger partial charge in [0.05, 0.1) is 39.1 Å². The van der Waals surface area contributed by atoms with Gasteiger partial charge in [-0.25, -0.2) is 0 Å². The van der Waals surface area contributed by atoms with Crippen LogP contribution in [0.25, 0.3) is 111 Å². The Bertz CT molecular complexity index is 3730. The number of hydrogen-bond donors (Lipinski definition) is 0. The zero-order chi connectivity index (χ0) is 44.3. The van der Waals surface area contributed by atoms with Crippen LogP contribution in [-0.4, -0.2) is 14.1 Å². The molecule has 0 saturated heterocycles. The predicted octanol–water partition coefficient (Wildman–Crippen LogP) is 16.1. The van der Waals surface area contributed by atoms with Gasteiger partial charge < -0.3 is 9.13 Å². The molecular formula is C62H42N4. The van der Waals surface area contributed by atoms with E-state index in [-0.39, 0.29) is 0 Å². The standard InChI is InChI=1S/C62H42N4/c1-40-15-12-19-43(33-40)45-28-30-52-50-22-8-10-26-56(50)65(58(52)35-45)60-37-47(49-25-14-32-64-62(49)54-24-7-6-21-48(54)42-17-4-3-5-18-42)38-61(55(60)39-63)66-57-27-11-9-23-51(57)53-31-29-46(36-59(53)66)44-20-13-16-41(2)34-44/h3-38H,1-2H3. The molecule has 0 aliphatic heterocycles. The van der Waals surface area contributed by atoms with E-state index in [2.05, 4.69) is 235 Å². The summed E-state index contributed by atoms with van der Waals surface area (Å²) in [4.78, 5) is 5.16. The van der Waals surface area contributed by atoms with Crippen LogP contribution in [0, 0.1) is 25.2 Å². The maximum Gasteiger partial charge on any atom is 0.104 e. The molecule has 0 aliphatic rings. The van der Waals surface area contributed by atoms with Crippen molar-refractivity contribution in [2.45, 2.75) is 13.8 Å². The molecule has 0 fully saturated rings. The second-order valence-electron chi connectivity index (χ2n) is 17.2. The highest BCUT2D eigenvalue weighted by Crippen LogP contribution is 2.44. The lowest BCUT2D eigenvalue weighted by Crippen LogP contribution is -2.06. The first-order valence-electron chi connectivity index (χ1n) is 22.4. The first-order chi connectivity index (χ1) is 32.5. The zero-order valence-corrected chi connectivity index (χ0v) is 36.6. The Labute approximate surface area is 383 Å². The summed E-state index contributed by atoms with van der Waals surface area (Å²) in [6.07, 6.45) is 1.88. The van der Waals surface area contributed by atoms with E-state index in [1.54, 1.807) is 0 Å². The van der Waals surface area contributed by atoms with Gasteiger partial charge in [0.2, 0.25) is 0 Å². The Kier molecular flexibility index (Phi) is 9.29. The molecular weight excluding hydrogens is 801 g/mol. The second kappa shape index (κ2) is 15.8. The first-order valence-corrected chi connectivity index (χ1v) is 22.4. The van der Waals surface area contributed by atoms with Crippen LogP contribution in [0.1, 0.15) is 16.7 Å². The molecule has 310 valence electrons. The molecule has 0 atom stereocenters. The van der Waals surface area contributed by atoms with E-state index in [9.17, 15) is 5.26 Å². The van der Waals surface area contributed by atoms with Gasteiger partial charge in [-0.3, -0.25) is 4.98 Å². The van der Waals surface area contributed by atoms with Crippen molar-refractivity contribution < 1.29 is 0 Å². The fourth-order valence-electron chi connectivity index (χ4n) is 10.1. The van der Waals surface area contributed by atoms with Crippen molar-refractivity contribution in [1.82, 2.24) is 14.1 Å². The molecule has 4 nitrogen and oxygen atoms in total. The van der Waals surface area contributed by atoms with Crippen LogP contribution in [0.4, 0.5) is 0 Å². The third kappa shape index (κ3) is 6.40. The van der Waals surface area contributed by atoms with Crippen molar-refractivity contribution in [2.24, 2.45) is 0 Å². The molecule has 4 heteroatoms. The maximum atomic E-state index is 11.8. The monoisotopic (exact) mass is 842 g/mol. The van der Waals surface area contributed by atoms with E-state index < -0.39 is 0 Å². The van der Waals surface area contributed by atoms with E-state index in [4.69, 9.17) is 4.98 Å². The smallest absolute Gasteiger partial charge is 0.104 e. The van der Waals surface area contributed by atoms with Gasteiger partial charge in [-0.05, 0) is 95.3 Å². The van der Waals surface area contributed by atoms with Gasteiger partial charge in [-0.15, -0.1) is 0 Å². The fraction of sp³-hybridized carbons (Fsp3) is 0.0323. The van der Waals surface area contributed by atoms with E-state index in [1.165, 1.54) is 11.1 Å². The van der Waals surface area contributed by atoms with Gasteiger partial charge in [0, 0.05) is 38.9 Å². The summed E-state index contributed by atoms with van der Waals surface area (Å²) in [6.45, 7) is 4.27. The van der Waals surface area contributed by atoms with Crippen LogP contribution in [0.15, 0.2) is 219 Å². The highest BCUT2D eigenvalue weighted by atomic mass is 15.0. The number of rotatable bonds is 7. The summed E-state index contributed by atoms with van der Waals surface area (Å²) in [6, 6.07) is 78.4. The highest BCUT2D eigenvalue weighted by molar-refractivity contribution is 6.12. The third-order valence-corrected chi connectivity index (χ3v) is 13.1. The van der Waals surface area contributed by atoms with E-state index in [1.807, 2.05) is 12.3 Å². The second-order valence-corrected chi connectivity index (χ2v) is 17.2. The quantitative estimate of drug-likeness (QED) is 0.160. The number of aryl methyl sites for hydroxylation is 2. The molecule has 9 aromatic carbocycles. The molecule has 3 aromatic heterocycles. The molecule has 0 radical (unpaired) electrons. The van der Waals surface area contributed by atoms with Crippen molar-refractivity contribution in [3.63, 3.8) is 0 Å². The average molecular weight is 843 g/mol. The molecule has 0 unspecified atom stereocenters. The number of hydrogen-bond acceptors (Lipinski definition) is 2. The van der Waals surface area contributed by atoms with Gasteiger partial charge in [-0.2, -0.15) is 5.26 Å². The third-order valence-electron chi connectivity index (χ3n) is 13.1. The first kappa shape index (κ1) is 38.9. The Morgan fingerprint density at radius 1 is 0.364 bits per heavy atom. The van der Waals surface area contributed by atoms with Crippen molar-refractivity contribution in [3.05, 3.63) is 235 Å². The summed E-state index contributed by atoms with van der Waals surface area (Å²) in [5.41, 5.74) is 19.2.